The summed E-state index contributed by atoms with van der Waals surface area (Å²) < 4.78 is 10.7. The summed E-state index contributed by atoms with van der Waals surface area (Å²) in [4.78, 5) is 31.0. The molecule has 7 nitrogen and oxygen atoms in total. The smallest absolute Gasteiger partial charge is 0.263 e. The summed E-state index contributed by atoms with van der Waals surface area (Å²) in [5, 5.41) is 3.43. The lowest BCUT2D eigenvalue weighted by Gasteiger charge is -2.26. The Morgan fingerprint density at radius 3 is 2.65 bits per heavy atom. The van der Waals surface area contributed by atoms with Crippen molar-refractivity contribution >= 4 is 23.2 Å². The maximum atomic E-state index is 12.4. The van der Waals surface area contributed by atoms with Crippen molar-refractivity contribution in [2.75, 3.05) is 26.8 Å². The van der Waals surface area contributed by atoms with Crippen LogP contribution in [-0.4, -0.2) is 54.5 Å². The minimum Gasteiger partial charge on any atom is -0.344 e. The number of aromatic nitrogens is 1. The fourth-order valence-corrected chi connectivity index (χ4v) is 2.94. The summed E-state index contributed by atoms with van der Waals surface area (Å²) in [6.07, 6.45) is 1.00. The Balaban J connectivity index is 2.05. The number of nitrogens with zero attached hydrogens (tertiary/aromatic N) is 2. The van der Waals surface area contributed by atoms with E-state index < -0.39 is 12.3 Å². The molecule has 1 aliphatic heterocycles. The number of thiazole rings is 1. The first-order valence-electron chi connectivity index (χ1n) is 7.68. The molecular formula is C15H23N3O4S. The minimum absolute atomic E-state index is 0.00524. The molecule has 128 valence electrons. The summed E-state index contributed by atoms with van der Waals surface area (Å²) in [7, 11) is 1.73. The molecular weight excluding hydrogens is 318 g/mol. The highest BCUT2D eigenvalue weighted by atomic mass is 32.1. The Hall–Kier alpha value is -1.51. The van der Waals surface area contributed by atoms with Crippen molar-refractivity contribution in [3.05, 3.63) is 16.1 Å². The lowest BCUT2D eigenvalue weighted by molar-refractivity contribution is -0.132. The summed E-state index contributed by atoms with van der Waals surface area (Å²) in [6.45, 7) is 7.36. The zero-order valence-corrected chi connectivity index (χ0v) is 14.7. The van der Waals surface area contributed by atoms with E-state index in [1.165, 1.54) is 17.5 Å². The van der Waals surface area contributed by atoms with Crippen molar-refractivity contribution in [1.82, 2.24) is 15.2 Å². The van der Waals surface area contributed by atoms with E-state index in [9.17, 15) is 9.59 Å². The fraction of sp³-hybridized carbons (Fsp3) is 0.667. The van der Waals surface area contributed by atoms with Crippen LogP contribution in [0.4, 0.5) is 0 Å². The van der Waals surface area contributed by atoms with Gasteiger partial charge >= 0.3 is 0 Å². The number of carbonyl (C=O) groups excluding carboxylic acids is 2. The van der Waals surface area contributed by atoms with Crippen LogP contribution in [0.3, 0.4) is 0 Å². The molecule has 0 saturated carbocycles. The van der Waals surface area contributed by atoms with Gasteiger partial charge in [0, 0.05) is 13.6 Å². The third-order valence-corrected chi connectivity index (χ3v) is 4.66. The van der Waals surface area contributed by atoms with Crippen LogP contribution in [0.1, 0.15) is 41.7 Å². The molecule has 1 atom stereocenters. The van der Waals surface area contributed by atoms with Gasteiger partial charge in [-0.3, -0.25) is 9.59 Å². The predicted octanol–water partition coefficient (Wildman–Crippen LogP) is 1.42. The van der Waals surface area contributed by atoms with E-state index in [-0.39, 0.29) is 17.7 Å². The second-order valence-corrected chi connectivity index (χ2v) is 6.75. The van der Waals surface area contributed by atoms with Crippen LogP contribution >= 0.6 is 11.3 Å². The summed E-state index contributed by atoms with van der Waals surface area (Å²) in [5.74, 6) is -0.402. The zero-order chi connectivity index (χ0) is 17.0. The van der Waals surface area contributed by atoms with Gasteiger partial charge in [-0.2, -0.15) is 0 Å². The Morgan fingerprint density at radius 1 is 1.43 bits per heavy atom. The molecule has 0 aliphatic carbocycles. The van der Waals surface area contributed by atoms with Crippen LogP contribution in [0.5, 0.6) is 0 Å². The molecule has 2 rings (SSSR count). The van der Waals surface area contributed by atoms with E-state index in [0.29, 0.717) is 29.6 Å². The number of likely N-dealkylation sites (N-methyl/N-ethyl adjacent to an activating group) is 1. The van der Waals surface area contributed by atoms with E-state index in [0.717, 1.165) is 0 Å². The van der Waals surface area contributed by atoms with E-state index in [1.54, 1.807) is 11.9 Å². The lowest BCUT2D eigenvalue weighted by atomic mass is 10.0. The first-order chi connectivity index (χ1) is 10.9. The highest BCUT2D eigenvalue weighted by molar-refractivity contribution is 7.13. The highest BCUT2D eigenvalue weighted by Gasteiger charge is 2.28. The maximum Gasteiger partial charge on any atom is 0.263 e. The molecule has 0 unspecified atom stereocenters. The molecule has 0 spiro atoms. The topological polar surface area (TPSA) is 80.8 Å². The number of nitrogens with one attached hydrogen (secondary N) is 1. The zero-order valence-electron chi connectivity index (χ0n) is 13.9. The molecule has 1 aromatic rings. The van der Waals surface area contributed by atoms with Gasteiger partial charge in [0.05, 0.1) is 19.4 Å². The van der Waals surface area contributed by atoms with Gasteiger partial charge in [0.25, 0.3) is 5.91 Å². The van der Waals surface area contributed by atoms with E-state index in [2.05, 4.69) is 10.3 Å². The normalized spacial score (nSPS) is 16.6. The fourth-order valence-electron chi connectivity index (χ4n) is 2.12. The second kappa shape index (κ2) is 7.85. The first-order valence-corrected chi connectivity index (χ1v) is 8.50. The van der Waals surface area contributed by atoms with Crippen LogP contribution in [0.2, 0.25) is 0 Å². The molecule has 8 heteroatoms. The van der Waals surface area contributed by atoms with Crippen molar-refractivity contribution in [2.45, 2.75) is 33.1 Å². The molecule has 23 heavy (non-hydrogen) atoms. The van der Waals surface area contributed by atoms with Gasteiger partial charge in [0.1, 0.15) is 15.9 Å². The average Bonchev–Trinajstić information content (AvgIpc) is 3.20. The van der Waals surface area contributed by atoms with Gasteiger partial charge in [-0.15, -0.1) is 11.3 Å². The third kappa shape index (κ3) is 4.27. The van der Waals surface area contributed by atoms with Gasteiger partial charge in [0.2, 0.25) is 12.2 Å². The van der Waals surface area contributed by atoms with Gasteiger partial charge in [-0.25, -0.2) is 4.98 Å². The van der Waals surface area contributed by atoms with Gasteiger partial charge in [0.15, 0.2) is 0 Å². The number of amides is 2. The van der Waals surface area contributed by atoms with E-state index in [4.69, 9.17) is 9.47 Å². The number of hydrogen-bond donors (Lipinski definition) is 1. The molecule has 0 radical (unpaired) electrons. The van der Waals surface area contributed by atoms with Crippen molar-refractivity contribution < 1.29 is 19.1 Å². The maximum absolute atomic E-state index is 12.4. The van der Waals surface area contributed by atoms with E-state index >= 15 is 0 Å². The summed E-state index contributed by atoms with van der Waals surface area (Å²) in [6, 6.07) is -0.558. The molecule has 1 aromatic heterocycles. The SMILES string of the molecule is CCN(C)C(=O)[C@@H](NC(=O)c1cnc(C2OCCO2)s1)C(C)C. The van der Waals surface area contributed by atoms with E-state index in [1.807, 2.05) is 20.8 Å². The Bertz CT molecular complexity index is 555. The molecule has 1 N–H and O–H groups in total. The molecule has 0 bridgehead atoms. The van der Waals surface area contributed by atoms with Gasteiger partial charge in [-0.1, -0.05) is 13.8 Å². The highest BCUT2D eigenvalue weighted by Crippen LogP contribution is 2.27. The number of rotatable bonds is 6. The van der Waals surface area contributed by atoms with Crippen LogP contribution in [0.25, 0.3) is 0 Å². The lowest BCUT2D eigenvalue weighted by Crippen LogP contribution is -2.50. The Morgan fingerprint density at radius 2 is 2.09 bits per heavy atom. The van der Waals surface area contributed by atoms with Crippen LogP contribution in [0.15, 0.2) is 6.20 Å². The number of carbonyl (C=O) groups is 2. The molecule has 2 heterocycles. The molecule has 2 amide bonds. The second-order valence-electron chi connectivity index (χ2n) is 5.68. The molecule has 1 fully saturated rings. The number of ether oxygens (including phenoxy) is 2. The molecule has 0 aromatic carbocycles. The van der Waals surface area contributed by atoms with Crippen LogP contribution in [0, 0.1) is 5.92 Å². The van der Waals surface area contributed by atoms with Crippen molar-refractivity contribution in [2.24, 2.45) is 5.92 Å². The van der Waals surface area contributed by atoms with Crippen molar-refractivity contribution in [3.8, 4) is 0 Å². The number of hydrogen-bond acceptors (Lipinski definition) is 6. The van der Waals surface area contributed by atoms with Crippen molar-refractivity contribution in [1.29, 1.82) is 0 Å². The van der Waals surface area contributed by atoms with Crippen LogP contribution < -0.4 is 5.32 Å². The van der Waals surface area contributed by atoms with Crippen molar-refractivity contribution in [3.63, 3.8) is 0 Å². The first kappa shape index (κ1) is 17.8. The molecule has 1 aliphatic rings. The van der Waals surface area contributed by atoms with Gasteiger partial charge in [-0.05, 0) is 12.8 Å². The monoisotopic (exact) mass is 341 g/mol. The average molecular weight is 341 g/mol. The quantitative estimate of drug-likeness (QED) is 0.846. The standard InChI is InChI=1S/C15H23N3O4S/c1-5-18(4)14(20)11(9(2)3)17-12(19)10-8-16-13(23-10)15-21-6-7-22-15/h8-9,11,15H,5-7H2,1-4H3,(H,17,19)/t11-/m0/s1. The largest absolute Gasteiger partial charge is 0.344 e. The summed E-state index contributed by atoms with van der Waals surface area (Å²) in [5.41, 5.74) is 0. The van der Waals surface area contributed by atoms with Gasteiger partial charge < -0.3 is 19.7 Å². The van der Waals surface area contributed by atoms with Crippen LogP contribution in [-0.2, 0) is 14.3 Å². The Labute approximate surface area is 140 Å². The Kier molecular flexibility index (Phi) is 6.09. The third-order valence-electron chi connectivity index (χ3n) is 3.64. The molecule has 1 saturated heterocycles. The minimum atomic E-state index is -0.558. The predicted molar refractivity (Wildman–Crippen MR) is 86.2 cm³/mol. The summed E-state index contributed by atoms with van der Waals surface area (Å²) >= 11 is 1.22.